The number of aromatic nitrogens is 4. The highest BCUT2D eigenvalue weighted by atomic mass is 19.3. The Balaban J connectivity index is 0.00000198. The fourth-order valence-electron chi connectivity index (χ4n) is 4.95. The number of allylic oxidation sites excluding steroid dienone is 2. The molecular formula is C33H35F3N6. The number of benzene rings is 1. The monoisotopic (exact) mass is 572 g/mol. The van der Waals surface area contributed by atoms with Crippen LogP contribution in [0.15, 0.2) is 80.3 Å². The van der Waals surface area contributed by atoms with E-state index in [0.29, 0.717) is 41.4 Å². The number of alkyl halides is 2. The van der Waals surface area contributed by atoms with E-state index >= 15 is 4.39 Å². The number of hydrogen-bond donors (Lipinski definition) is 2. The number of hydrogen-bond acceptors (Lipinski definition) is 5. The van der Waals surface area contributed by atoms with E-state index in [9.17, 15) is 8.78 Å². The summed E-state index contributed by atoms with van der Waals surface area (Å²) in [6, 6.07) is 10.5. The number of anilines is 1. The number of aromatic amines is 1. The highest BCUT2D eigenvalue weighted by Crippen LogP contribution is 2.36. The van der Waals surface area contributed by atoms with Gasteiger partial charge in [0.25, 0.3) is 5.92 Å². The highest BCUT2D eigenvalue weighted by molar-refractivity contribution is 5.87. The molecule has 218 valence electrons. The summed E-state index contributed by atoms with van der Waals surface area (Å²) in [5.41, 5.74) is 11.2. The van der Waals surface area contributed by atoms with Gasteiger partial charge in [0.2, 0.25) is 0 Å². The molecule has 0 amide bonds. The Hall–Kier alpha value is -4.50. The van der Waals surface area contributed by atoms with Crippen LogP contribution in [0.1, 0.15) is 54.3 Å². The van der Waals surface area contributed by atoms with E-state index in [1.165, 1.54) is 6.20 Å². The molecular weight excluding hydrogens is 537 g/mol. The van der Waals surface area contributed by atoms with Crippen LogP contribution in [0.5, 0.6) is 0 Å². The summed E-state index contributed by atoms with van der Waals surface area (Å²) in [4.78, 5) is 18.3. The molecule has 0 unspecified atom stereocenters. The molecule has 1 aromatic carbocycles. The van der Waals surface area contributed by atoms with Crippen LogP contribution in [0.3, 0.4) is 0 Å². The number of aryl methyl sites for hydroxylation is 1. The van der Waals surface area contributed by atoms with Gasteiger partial charge in [-0.2, -0.15) is 0 Å². The first kappa shape index (κ1) is 30.5. The van der Waals surface area contributed by atoms with Crippen molar-refractivity contribution in [2.75, 3.05) is 18.8 Å². The van der Waals surface area contributed by atoms with E-state index in [-0.39, 0.29) is 35.4 Å². The number of likely N-dealkylation sites (tertiary alicyclic amines) is 1. The third-order valence-electron chi connectivity index (χ3n) is 6.89. The van der Waals surface area contributed by atoms with Crippen molar-refractivity contribution in [3.8, 4) is 11.1 Å². The molecule has 4 heterocycles. The zero-order valence-corrected chi connectivity index (χ0v) is 24.1. The van der Waals surface area contributed by atoms with Crippen LogP contribution in [0, 0.1) is 12.7 Å². The van der Waals surface area contributed by atoms with Gasteiger partial charge in [0.1, 0.15) is 11.6 Å². The Morgan fingerprint density at radius 2 is 1.98 bits per heavy atom. The summed E-state index contributed by atoms with van der Waals surface area (Å²) in [6.07, 6.45) is 8.15. The van der Waals surface area contributed by atoms with Crippen LogP contribution in [0.4, 0.5) is 18.9 Å². The van der Waals surface area contributed by atoms with Crippen molar-refractivity contribution in [3.63, 3.8) is 0 Å². The summed E-state index contributed by atoms with van der Waals surface area (Å²) >= 11 is 0. The van der Waals surface area contributed by atoms with Crippen LogP contribution in [0.2, 0.25) is 0 Å². The minimum atomic E-state index is -2.69. The molecule has 0 bridgehead atoms. The lowest BCUT2D eigenvalue weighted by Gasteiger charge is -2.16. The summed E-state index contributed by atoms with van der Waals surface area (Å²) in [7, 11) is 0. The lowest BCUT2D eigenvalue weighted by Crippen LogP contribution is -2.24. The van der Waals surface area contributed by atoms with Gasteiger partial charge >= 0.3 is 0 Å². The molecule has 4 aromatic rings. The van der Waals surface area contributed by atoms with Gasteiger partial charge in [-0.25, -0.2) is 18.2 Å². The average Bonchev–Trinajstić information content (AvgIpc) is 3.54. The van der Waals surface area contributed by atoms with Crippen molar-refractivity contribution < 1.29 is 13.2 Å². The van der Waals surface area contributed by atoms with Crippen molar-refractivity contribution in [1.29, 1.82) is 0 Å². The predicted octanol–water partition coefficient (Wildman–Crippen LogP) is 7.44. The number of rotatable bonds is 8. The predicted molar refractivity (Wildman–Crippen MR) is 163 cm³/mol. The van der Waals surface area contributed by atoms with Gasteiger partial charge in [-0.15, -0.1) is 0 Å². The van der Waals surface area contributed by atoms with Crippen molar-refractivity contribution in [3.05, 3.63) is 120 Å². The van der Waals surface area contributed by atoms with E-state index in [1.807, 2.05) is 45.0 Å². The zero-order valence-electron chi connectivity index (χ0n) is 24.1. The minimum absolute atomic E-state index is 0.120. The van der Waals surface area contributed by atoms with Crippen LogP contribution in [-0.2, 0) is 6.54 Å². The van der Waals surface area contributed by atoms with Gasteiger partial charge in [0.15, 0.2) is 0 Å². The van der Waals surface area contributed by atoms with Gasteiger partial charge in [-0.05, 0) is 42.8 Å². The second-order valence-electron chi connectivity index (χ2n) is 9.86. The number of nitrogen functional groups attached to an aromatic ring is 1. The first-order valence-electron chi connectivity index (χ1n) is 13.8. The fraction of sp³-hybridized carbons (Fsp3) is 0.242. The first-order chi connectivity index (χ1) is 20.2. The van der Waals surface area contributed by atoms with Crippen LogP contribution >= 0.6 is 0 Å². The Labute approximate surface area is 244 Å². The van der Waals surface area contributed by atoms with Gasteiger partial charge in [0.05, 0.1) is 17.9 Å². The topological polar surface area (TPSA) is 83.7 Å². The van der Waals surface area contributed by atoms with Gasteiger partial charge in [0, 0.05) is 77.3 Å². The first-order valence-corrected chi connectivity index (χ1v) is 13.8. The van der Waals surface area contributed by atoms with Crippen molar-refractivity contribution >= 4 is 16.8 Å². The molecule has 0 saturated carbocycles. The van der Waals surface area contributed by atoms with Crippen LogP contribution < -0.4 is 5.73 Å². The average molecular weight is 573 g/mol. The summed E-state index contributed by atoms with van der Waals surface area (Å²) in [5.74, 6) is -2.89. The van der Waals surface area contributed by atoms with E-state index in [1.54, 1.807) is 41.6 Å². The van der Waals surface area contributed by atoms with E-state index < -0.39 is 11.7 Å². The smallest absolute Gasteiger partial charge is 0.261 e. The van der Waals surface area contributed by atoms with Crippen molar-refractivity contribution in [2.24, 2.45) is 0 Å². The Bertz CT molecular complexity index is 1610. The molecule has 0 atom stereocenters. The minimum Gasteiger partial charge on any atom is -0.398 e. The fourth-order valence-corrected chi connectivity index (χ4v) is 4.95. The second kappa shape index (κ2) is 13.0. The normalized spacial score (nSPS) is 14.8. The Morgan fingerprint density at radius 3 is 2.64 bits per heavy atom. The van der Waals surface area contributed by atoms with Gasteiger partial charge in [-0.3, -0.25) is 14.9 Å². The summed E-state index contributed by atoms with van der Waals surface area (Å²) in [6.45, 7) is 14.1. The lowest BCUT2D eigenvalue weighted by atomic mass is 9.97. The molecule has 9 heteroatoms. The SMILES string of the molecule is C=C/C=C(/c1ccccn1)c1nc(C(=C)c2c(N)ccc(-c3cncc(CN4CCC(F)(F)C4)c3)c2F)[nH]c1C.CC. The number of pyridine rings is 2. The van der Waals surface area contributed by atoms with Crippen LogP contribution in [0.25, 0.3) is 22.3 Å². The zero-order chi connectivity index (χ0) is 30.4. The summed E-state index contributed by atoms with van der Waals surface area (Å²) < 4.78 is 43.4. The highest BCUT2D eigenvalue weighted by Gasteiger charge is 2.38. The number of nitrogens with one attached hydrogen (secondary N) is 1. The molecule has 42 heavy (non-hydrogen) atoms. The van der Waals surface area contributed by atoms with Crippen molar-refractivity contribution in [2.45, 2.75) is 39.7 Å². The molecule has 3 N–H and O–H groups in total. The lowest BCUT2D eigenvalue weighted by molar-refractivity contribution is 0.0115. The number of nitrogens with two attached hydrogens (primary N) is 1. The van der Waals surface area contributed by atoms with E-state index in [2.05, 4.69) is 28.1 Å². The molecule has 0 spiro atoms. The number of imidazole rings is 1. The molecule has 1 saturated heterocycles. The Kier molecular flexibility index (Phi) is 9.42. The number of halogens is 3. The quantitative estimate of drug-likeness (QED) is 0.169. The van der Waals surface area contributed by atoms with Gasteiger partial charge in [-0.1, -0.05) is 45.2 Å². The largest absolute Gasteiger partial charge is 0.398 e. The van der Waals surface area contributed by atoms with Gasteiger partial charge < -0.3 is 10.7 Å². The maximum Gasteiger partial charge on any atom is 0.261 e. The number of H-pyrrole nitrogens is 1. The maximum atomic E-state index is 16.1. The molecule has 0 aliphatic carbocycles. The van der Waals surface area contributed by atoms with Crippen molar-refractivity contribution in [1.82, 2.24) is 24.8 Å². The number of nitrogens with zero attached hydrogens (tertiary/aromatic N) is 4. The summed E-state index contributed by atoms with van der Waals surface area (Å²) in [5, 5.41) is 0. The maximum absolute atomic E-state index is 16.1. The van der Waals surface area contributed by atoms with Crippen LogP contribution in [-0.4, -0.2) is 43.8 Å². The third-order valence-corrected chi connectivity index (χ3v) is 6.89. The van der Waals surface area contributed by atoms with E-state index in [0.717, 1.165) is 11.3 Å². The Morgan fingerprint density at radius 1 is 1.19 bits per heavy atom. The molecule has 6 nitrogen and oxygen atoms in total. The molecule has 3 aromatic heterocycles. The molecule has 1 fully saturated rings. The second-order valence-corrected chi connectivity index (χ2v) is 9.86. The molecule has 1 aliphatic rings. The molecule has 0 radical (unpaired) electrons. The molecule has 1 aliphatic heterocycles. The van der Waals surface area contributed by atoms with E-state index in [4.69, 9.17) is 10.7 Å². The standard InChI is InChI=1S/C31H29F3N6.C2H6/c1-4-7-24(26-8-5-6-12-37-26)29-20(3)38-30(39-29)19(2)27-25(35)10-9-23(28(27)32)22-14-21(15-36-16-22)17-40-13-11-31(33,34)18-40;1-2/h4-10,12,14-16H,1-2,11,13,17-18,35H2,3H3,(H,38,39);1-2H3/b24-7-;. The molecule has 5 rings (SSSR count). The third kappa shape index (κ3) is 6.52.